The van der Waals surface area contributed by atoms with Crippen molar-refractivity contribution in [1.29, 1.82) is 0 Å². The van der Waals surface area contributed by atoms with E-state index in [1.54, 1.807) is 6.92 Å². The van der Waals surface area contributed by atoms with E-state index < -0.39 is 0 Å². The number of nitrogens with zero attached hydrogens (tertiary/aromatic N) is 1. The Bertz CT molecular complexity index is 260. The molecule has 0 aromatic carbocycles. The van der Waals surface area contributed by atoms with E-state index >= 15 is 0 Å². The average molecular weight is 198 g/mol. The fourth-order valence-corrected chi connectivity index (χ4v) is 1.61. The summed E-state index contributed by atoms with van der Waals surface area (Å²) < 4.78 is 5.82. The molecule has 0 radical (unpaired) electrons. The van der Waals surface area contributed by atoms with Crippen LogP contribution in [0.5, 0.6) is 0 Å². The molecule has 0 aromatic rings. The molecular weight excluding hydrogens is 182 g/mol. The van der Waals surface area contributed by atoms with Gasteiger partial charge in [-0.1, -0.05) is 6.58 Å². The van der Waals surface area contributed by atoms with Gasteiger partial charge in [0.05, 0.1) is 6.61 Å². The summed E-state index contributed by atoms with van der Waals surface area (Å²) in [6.45, 7) is 6.30. The van der Waals surface area contributed by atoms with E-state index in [-0.39, 0.29) is 12.0 Å². The molecule has 14 heavy (non-hydrogen) atoms. The number of esters is 1. The summed E-state index contributed by atoms with van der Waals surface area (Å²) in [4.78, 5) is 22.4. The first-order valence-electron chi connectivity index (χ1n) is 4.93. The van der Waals surface area contributed by atoms with Crippen molar-refractivity contribution in [2.24, 2.45) is 0 Å². The fourth-order valence-electron chi connectivity index (χ4n) is 1.61. The molecule has 1 unspecified atom stereocenters. The third-order valence-corrected chi connectivity index (χ3v) is 2.37. The van der Waals surface area contributed by atoms with Crippen molar-refractivity contribution in [2.75, 3.05) is 13.2 Å². The summed E-state index contributed by atoms with van der Waals surface area (Å²) in [5.74, 6) is -0.382. The highest BCUT2D eigenvalue weighted by Gasteiger charge is 2.33. The summed E-state index contributed by atoms with van der Waals surface area (Å²) in [6.07, 6.45) is 2.19. The number of ether oxygens (including phenoxy) is 1. The first kappa shape index (κ1) is 10.9. The van der Waals surface area contributed by atoms with Crippen molar-refractivity contribution in [3.8, 4) is 0 Å². The van der Waals surface area contributed by atoms with Crippen LogP contribution in [0.15, 0.2) is 12.2 Å². The van der Waals surface area contributed by atoms with Crippen LogP contribution in [0, 0.1) is 4.91 Å². The lowest BCUT2D eigenvalue weighted by atomic mass is 10.1. The predicted molar refractivity (Wildman–Crippen MR) is 51.9 cm³/mol. The number of hydrogen-bond acceptors (Lipinski definition) is 3. The number of carbonyl (C=O) groups is 1. The largest absolute Gasteiger partial charge is 0.463 e. The normalized spacial score (nSPS) is 20.9. The van der Waals surface area contributed by atoms with Crippen LogP contribution >= 0.6 is 0 Å². The van der Waals surface area contributed by atoms with Gasteiger partial charge < -0.3 is 4.74 Å². The molecule has 1 aliphatic rings. The van der Waals surface area contributed by atoms with Gasteiger partial charge in [-0.3, -0.25) is 0 Å². The molecule has 0 aliphatic carbocycles. The number of carbonyl (C=O) groups excluding carboxylic acids is 1. The molecule has 0 spiro atoms. The van der Waals surface area contributed by atoms with Crippen molar-refractivity contribution in [2.45, 2.75) is 32.2 Å². The minimum Gasteiger partial charge on any atom is -0.463 e. The molecular formula is C10H16NO3+. The Kier molecular flexibility index (Phi) is 3.80. The van der Waals surface area contributed by atoms with Crippen molar-refractivity contribution >= 4 is 5.97 Å². The van der Waals surface area contributed by atoms with Crippen LogP contribution in [0.3, 0.4) is 0 Å². The first-order valence-corrected chi connectivity index (χ1v) is 4.93. The molecule has 0 N–H and O–H groups in total. The summed E-state index contributed by atoms with van der Waals surface area (Å²) in [7, 11) is 0. The molecule has 4 nitrogen and oxygen atoms in total. The molecule has 0 bridgehead atoms. The Morgan fingerprint density at radius 2 is 2.36 bits per heavy atom. The van der Waals surface area contributed by atoms with Crippen molar-refractivity contribution in [1.82, 2.24) is 0 Å². The molecule has 1 rings (SSSR count). The number of rotatable bonds is 4. The fraction of sp³-hybridized carbons (Fsp3) is 0.700. The number of hydrogen-bond donors (Lipinski definition) is 0. The Morgan fingerprint density at radius 1 is 1.64 bits per heavy atom. The van der Waals surface area contributed by atoms with Crippen LogP contribution in [0.25, 0.3) is 0 Å². The van der Waals surface area contributed by atoms with Gasteiger partial charge in [-0.05, 0) is 6.92 Å². The van der Waals surface area contributed by atoms with Crippen LogP contribution < -0.4 is 0 Å². The molecule has 4 heteroatoms. The standard InChI is InChI=1S/C10H16NO3/c1-3-14-10(12)8(2)7-9-5-4-6-11(9)13/h9H,2-7H2,1H3/q+1. The lowest BCUT2D eigenvalue weighted by Crippen LogP contribution is -2.20. The van der Waals surface area contributed by atoms with Gasteiger partial charge in [-0.2, -0.15) is 0 Å². The van der Waals surface area contributed by atoms with Gasteiger partial charge >= 0.3 is 5.97 Å². The minimum atomic E-state index is -0.382. The molecule has 78 valence electrons. The van der Waals surface area contributed by atoms with E-state index in [0.29, 0.717) is 25.1 Å². The van der Waals surface area contributed by atoms with Crippen LogP contribution in [-0.2, 0) is 9.53 Å². The van der Waals surface area contributed by atoms with E-state index in [1.807, 2.05) is 0 Å². The van der Waals surface area contributed by atoms with Gasteiger partial charge in [0, 0.05) is 34.5 Å². The van der Waals surface area contributed by atoms with Gasteiger partial charge in [0.25, 0.3) is 0 Å². The van der Waals surface area contributed by atoms with Crippen molar-refractivity contribution in [3.63, 3.8) is 0 Å². The lowest BCUT2D eigenvalue weighted by molar-refractivity contribution is -0.564. The molecule has 1 saturated heterocycles. The Labute approximate surface area is 83.5 Å². The highest BCUT2D eigenvalue weighted by atomic mass is 16.5. The van der Waals surface area contributed by atoms with E-state index in [9.17, 15) is 9.70 Å². The van der Waals surface area contributed by atoms with Gasteiger partial charge in [0.2, 0.25) is 6.04 Å². The maximum Gasteiger partial charge on any atom is 0.333 e. The molecule has 1 aliphatic heterocycles. The second-order valence-electron chi connectivity index (χ2n) is 3.46. The van der Waals surface area contributed by atoms with Gasteiger partial charge in [-0.15, -0.1) is 0 Å². The first-order chi connectivity index (χ1) is 6.65. The Hall–Kier alpha value is -1.19. The highest BCUT2D eigenvalue weighted by Crippen LogP contribution is 2.18. The quantitative estimate of drug-likeness (QED) is 0.390. The van der Waals surface area contributed by atoms with E-state index in [1.165, 1.54) is 0 Å². The second kappa shape index (κ2) is 4.88. The monoisotopic (exact) mass is 198 g/mol. The number of nitroso groups, excluding NO2 is 1. The smallest absolute Gasteiger partial charge is 0.333 e. The Balaban J connectivity index is 2.40. The molecule has 0 amide bonds. The maximum absolute atomic E-state index is 11.2. The van der Waals surface area contributed by atoms with Crippen molar-refractivity contribution < 1.29 is 14.3 Å². The van der Waals surface area contributed by atoms with Gasteiger partial charge in [-0.25, -0.2) is 4.79 Å². The molecule has 0 aromatic heterocycles. The van der Waals surface area contributed by atoms with Gasteiger partial charge in [0.1, 0.15) is 0 Å². The van der Waals surface area contributed by atoms with Crippen LogP contribution in [0.4, 0.5) is 0 Å². The topological polar surface area (TPSA) is 46.4 Å². The summed E-state index contributed by atoms with van der Waals surface area (Å²) >= 11 is 0. The third kappa shape index (κ3) is 2.65. The summed E-state index contributed by atoms with van der Waals surface area (Å²) in [6, 6.07) is -0.0769. The zero-order chi connectivity index (χ0) is 10.6. The summed E-state index contributed by atoms with van der Waals surface area (Å²) in [5.41, 5.74) is 0.402. The maximum atomic E-state index is 11.2. The predicted octanol–water partition coefficient (Wildman–Crippen LogP) is 1.44. The molecule has 1 atom stereocenters. The minimum absolute atomic E-state index is 0.0769. The van der Waals surface area contributed by atoms with Crippen LogP contribution in [-0.4, -0.2) is 29.9 Å². The average Bonchev–Trinajstić information content (AvgIpc) is 2.52. The van der Waals surface area contributed by atoms with Crippen LogP contribution in [0.1, 0.15) is 26.2 Å². The third-order valence-electron chi connectivity index (χ3n) is 2.37. The Morgan fingerprint density at radius 3 is 2.86 bits per heavy atom. The zero-order valence-corrected chi connectivity index (χ0v) is 8.49. The van der Waals surface area contributed by atoms with E-state index in [2.05, 4.69) is 6.58 Å². The molecule has 0 saturated carbocycles. The van der Waals surface area contributed by atoms with Crippen molar-refractivity contribution in [3.05, 3.63) is 17.1 Å². The van der Waals surface area contributed by atoms with E-state index in [0.717, 1.165) is 17.6 Å². The van der Waals surface area contributed by atoms with Crippen LogP contribution in [0.2, 0.25) is 0 Å². The summed E-state index contributed by atoms with van der Waals surface area (Å²) in [5, 5.41) is 0. The zero-order valence-electron chi connectivity index (χ0n) is 8.49. The van der Waals surface area contributed by atoms with E-state index in [4.69, 9.17) is 4.74 Å². The molecule has 1 heterocycles. The lowest BCUT2D eigenvalue weighted by Gasteiger charge is -2.05. The second-order valence-corrected chi connectivity index (χ2v) is 3.46. The molecule has 1 fully saturated rings. The van der Waals surface area contributed by atoms with Gasteiger partial charge in [0.15, 0.2) is 6.54 Å². The SMILES string of the molecule is C=C(CC1CCC[N+]1=O)C(=O)OCC. The highest BCUT2D eigenvalue weighted by molar-refractivity contribution is 5.87.